The van der Waals surface area contributed by atoms with Gasteiger partial charge in [-0.15, -0.1) is 11.6 Å². The van der Waals surface area contributed by atoms with Gasteiger partial charge in [0.2, 0.25) is 0 Å². The van der Waals surface area contributed by atoms with Gasteiger partial charge in [0, 0.05) is 5.88 Å². The SMILES string of the molecule is CC(C)C(CCl)C(=O)O. The third kappa shape index (κ3) is 2.70. The Hall–Kier alpha value is -0.240. The lowest BCUT2D eigenvalue weighted by Crippen LogP contribution is -2.20. The summed E-state index contributed by atoms with van der Waals surface area (Å²) in [6.07, 6.45) is 0. The molecule has 0 saturated heterocycles. The normalized spacial score (nSPS) is 13.8. The maximum Gasteiger partial charge on any atom is 0.307 e. The number of carbonyl (C=O) groups is 1. The van der Waals surface area contributed by atoms with E-state index in [0.717, 1.165) is 0 Å². The number of carboxylic acid groups (broad SMARTS) is 1. The Labute approximate surface area is 59.8 Å². The Morgan fingerprint density at radius 2 is 2.11 bits per heavy atom. The summed E-state index contributed by atoms with van der Waals surface area (Å²) >= 11 is 5.38. The molecule has 0 amide bonds. The Kier molecular flexibility index (Phi) is 3.62. The topological polar surface area (TPSA) is 37.3 Å². The minimum Gasteiger partial charge on any atom is -0.481 e. The van der Waals surface area contributed by atoms with Crippen LogP contribution in [0.1, 0.15) is 13.8 Å². The fraction of sp³-hybridized carbons (Fsp3) is 0.833. The van der Waals surface area contributed by atoms with E-state index in [0.29, 0.717) is 0 Å². The van der Waals surface area contributed by atoms with E-state index in [1.165, 1.54) is 0 Å². The second-order valence-corrected chi connectivity index (χ2v) is 2.65. The van der Waals surface area contributed by atoms with Crippen LogP contribution in [0, 0.1) is 11.8 Å². The molecular formula is C6H11ClO2. The quantitative estimate of drug-likeness (QED) is 0.621. The Morgan fingerprint density at radius 3 is 2.11 bits per heavy atom. The van der Waals surface area contributed by atoms with Crippen molar-refractivity contribution in [2.75, 3.05) is 5.88 Å². The molecule has 54 valence electrons. The van der Waals surface area contributed by atoms with Crippen LogP contribution in [-0.4, -0.2) is 17.0 Å². The minimum absolute atomic E-state index is 0.125. The van der Waals surface area contributed by atoms with Crippen LogP contribution in [0.15, 0.2) is 0 Å². The van der Waals surface area contributed by atoms with Crippen molar-refractivity contribution >= 4 is 17.6 Å². The molecule has 0 aromatic heterocycles. The predicted molar refractivity (Wildman–Crippen MR) is 36.7 cm³/mol. The first-order chi connectivity index (χ1) is 4.09. The molecule has 0 rings (SSSR count). The molecule has 0 aromatic rings. The average Bonchev–Trinajstić information content (AvgIpc) is 1.64. The molecule has 0 aliphatic carbocycles. The van der Waals surface area contributed by atoms with Gasteiger partial charge in [-0.2, -0.15) is 0 Å². The first-order valence-electron chi connectivity index (χ1n) is 2.88. The van der Waals surface area contributed by atoms with Gasteiger partial charge in [0.1, 0.15) is 0 Å². The lowest BCUT2D eigenvalue weighted by atomic mass is 9.99. The summed E-state index contributed by atoms with van der Waals surface area (Å²) in [5.74, 6) is -0.876. The number of halogens is 1. The van der Waals surface area contributed by atoms with Crippen LogP contribution in [-0.2, 0) is 4.79 Å². The highest BCUT2D eigenvalue weighted by Crippen LogP contribution is 2.11. The van der Waals surface area contributed by atoms with Gasteiger partial charge in [0.05, 0.1) is 5.92 Å². The van der Waals surface area contributed by atoms with Gasteiger partial charge in [-0.3, -0.25) is 4.79 Å². The number of carboxylic acids is 1. The van der Waals surface area contributed by atoms with Gasteiger partial charge in [-0.1, -0.05) is 13.8 Å². The van der Waals surface area contributed by atoms with Gasteiger partial charge in [-0.25, -0.2) is 0 Å². The molecule has 0 aromatic carbocycles. The van der Waals surface area contributed by atoms with Crippen LogP contribution < -0.4 is 0 Å². The molecular weight excluding hydrogens is 140 g/mol. The van der Waals surface area contributed by atoms with Crippen molar-refractivity contribution in [3.63, 3.8) is 0 Å². The number of alkyl halides is 1. The van der Waals surface area contributed by atoms with Crippen LogP contribution in [0.4, 0.5) is 0 Å². The summed E-state index contributed by atoms with van der Waals surface area (Å²) in [7, 11) is 0. The zero-order chi connectivity index (χ0) is 7.44. The molecule has 0 spiro atoms. The first kappa shape index (κ1) is 8.76. The lowest BCUT2D eigenvalue weighted by molar-refractivity contribution is -0.142. The van der Waals surface area contributed by atoms with E-state index in [-0.39, 0.29) is 11.8 Å². The van der Waals surface area contributed by atoms with Crippen molar-refractivity contribution in [1.82, 2.24) is 0 Å². The fourth-order valence-electron chi connectivity index (χ4n) is 0.529. The van der Waals surface area contributed by atoms with Crippen molar-refractivity contribution in [3.8, 4) is 0 Å². The van der Waals surface area contributed by atoms with E-state index < -0.39 is 11.9 Å². The van der Waals surface area contributed by atoms with Crippen LogP contribution in [0.3, 0.4) is 0 Å². The average molecular weight is 151 g/mol. The van der Waals surface area contributed by atoms with Crippen LogP contribution in [0.2, 0.25) is 0 Å². The molecule has 0 aliphatic rings. The van der Waals surface area contributed by atoms with Crippen molar-refractivity contribution in [1.29, 1.82) is 0 Å². The molecule has 0 aliphatic heterocycles. The molecule has 0 fully saturated rings. The smallest absolute Gasteiger partial charge is 0.307 e. The molecule has 0 radical (unpaired) electrons. The minimum atomic E-state index is -0.806. The number of rotatable bonds is 3. The summed E-state index contributed by atoms with van der Waals surface area (Å²) in [4.78, 5) is 10.3. The molecule has 1 atom stereocenters. The molecule has 9 heavy (non-hydrogen) atoms. The zero-order valence-electron chi connectivity index (χ0n) is 5.60. The summed E-state index contributed by atoms with van der Waals surface area (Å²) in [6.45, 7) is 3.70. The summed E-state index contributed by atoms with van der Waals surface area (Å²) in [6, 6.07) is 0. The third-order valence-electron chi connectivity index (χ3n) is 1.29. The molecule has 0 bridgehead atoms. The fourth-order valence-corrected chi connectivity index (χ4v) is 1.02. The molecule has 1 N–H and O–H groups in total. The van der Waals surface area contributed by atoms with Gasteiger partial charge >= 0.3 is 5.97 Å². The van der Waals surface area contributed by atoms with Crippen molar-refractivity contribution in [2.45, 2.75) is 13.8 Å². The predicted octanol–water partition coefficient (Wildman–Crippen LogP) is 1.58. The van der Waals surface area contributed by atoms with Gasteiger partial charge in [0.15, 0.2) is 0 Å². The van der Waals surface area contributed by atoms with Crippen LogP contribution in [0.5, 0.6) is 0 Å². The number of hydrogen-bond donors (Lipinski definition) is 1. The van der Waals surface area contributed by atoms with Crippen molar-refractivity contribution in [3.05, 3.63) is 0 Å². The Bertz CT molecular complexity index is 101. The van der Waals surface area contributed by atoms with E-state index >= 15 is 0 Å². The zero-order valence-corrected chi connectivity index (χ0v) is 6.35. The molecule has 1 unspecified atom stereocenters. The van der Waals surface area contributed by atoms with Crippen molar-refractivity contribution < 1.29 is 9.90 Å². The van der Waals surface area contributed by atoms with Gasteiger partial charge in [0.25, 0.3) is 0 Å². The van der Waals surface area contributed by atoms with E-state index in [1.54, 1.807) is 0 Å². The van der Waals surface area contributed by atoms with Crippen molar-refractivity contribution in [2.24, 2.45) is 11.8 Å². The maximum absolute atomic E-state index is 10.3. The van der Waals surface area contributed by atoms with E-state index in [9.17, 15) is 4.79 Å². The second-order valence-electron chi connectivity index (χ2n) is 2.34. The summed E-state index contributed by atoms with van der Waals surface area (Å²) in [5.41, 5.74) is 0. The molecule has 3 heteroatoms. The first-order valence-corrected chi connectivity index (χ1v) is 3.41. The van der Waals surface area contributed by atoms with Crippen LogP contribution in [0.25, 0.3) is 0 Å². The third-order valence-corrected chi connectivity index (χ3v) is 1.62. The number of hydrogen-bond acceptors (Lipinski definition) is 1. The van der Waals surface area contributed by atoms with E-state index in [4.69, 9.17) is 16.7 Å². The Morgan fingerprint density at radius 1 is 1.67 bits per heavy atom. The standard InChI is InChI=1S/C6H11ClO2/c1-4(2)5(3-7)6(8)9/h4-5H,3H2,1-2H3,(H,8,9). The highest BCUT2D eigenvalue weighted by atomic mass is 35.5. The second kappa shape index (κ2) is 3.72. The van der Waals surface area contributed by atoms with E-state index in [2.05, 4.69) is 0 Å². The lowest BCUT2D eigenvalue weighted by Gasteiger charge is -2.10. The van der Waals surface area contributed by atoms with Gasteiger partial charge < -0.3 is 5.11 Å². The van der Waals surface area contributed by atoms with Crippen LogP contribution >= 0.6 is 11.6 Å². The van der Waals surface area contributed by atoms with Gasteiger partial charge in [-0.05, 0) is 5.92 Å². The highest BCUT2D eigenvalue weighted by Gasteiger charge is 2.19. The highest BCUT2D eigenvalue weighted by molar-refractivity contribution is 6.19. The maximum atomic E-state index is 10.3. The largest absolute Gasteiger partial charge is 0.481 e. The number of aliphatic carboxylic acids is 1. The molecule has 0 saturated carbocycles. The summed E-state index contributed by atoms with van der Waals surface area (Å²) < 4.78 is 0. The molecule has 0 heterocycles. The Balaban J connectivity index is 3.83. The summed E-state index contributed by atoms with van der Waals surface area (Å²) in [5, 5.41) is 8.46. The molecule has 2 nitrogen and oxygen atoms in total. The monoisotopic (exact) mass is 150 g/mol. The van der Waals surface area contributed by atoms with E-state index in [1.807, 2.05) is 13.8 Å².